The zero-order valence-electron chi connectivity index (χ0n) is 27.1. The van der Waals surface area contributed by atoms with Gasteiger partial charge in [-0.25, -0.2) is 4.39 Å². The van der Waals surface area contributed by atoms with Gasteiger partial charge in [0.25, 0.3) is 0 Å². The van der Waals surface area contributed by atoms with Crippen LogP contribution in [0.2, 0.25) is 0 Å². The van der Waals surface area contributed by atoms with Crippen molar-refractivity contribution in [2.75, 3.05) is 26.8 Å². The molecule has 3 aromatic rings. The van der Waals surface area contributed by atoms with Gasteiger partial charge in [-0.3, -0.25) is 19.2 Å². The Hall–Kier alpha value is -4.39. The van der Waals surface area contributed by atoms with Crippen molar-refractivity contribution in [2.24, 2.45) is 17.2 Å². The number of halogens is 1. The quantitative estimate of drug-likeness (QED) is 0.123. The molecule has 0 spiro atoms. The number of nitrogens with two attached hydrogens (primary N) is 3. The van der Waals surface area contributed by atoms with Crippen LogP contribution in [-0.4, -0.2) is 79.5 Å². The van der Waals surface area contributed by atoms with E-state index in [1.807, 2.05) is 49.4 Å². The van der Waals surface area contributed by atoms with E-state index in [1.54, 1.807) is 0 Å². The number of hydrogen-bond donors (Lipinski definition) is 5. The van der Waals surface area contributed by atoms with Crippen LogP contribution in [0.1, 0.15) is 43.7 Å². The number of nitrogens with zero attached hydrogens (tertiary/aromatic N) is 1. The third kappa shape index (κ3) is 11.7. The fourth-order valence-electron chi connectivity index (χ4n) is 5.15. The van der Waals surface area contributed by atoms with Crippen molar-refractivity contribution in [3.63, 3.8) is 0 Å². The summed E-state index contributed by atoms with van der Waals surface area (Å²) in [7, 11) is 1.46. The molecule has 254 valence electrons. The first-order valence-corrected chi connectivity index (χ1v) is 15.9. The smallest absolute Gasteiger partial charge is 0.246 e. The average molecular weight is 651 g/mol. The van der Waals surface area contributed by atoms with Crippen molar-refractivity contribution < 1.29 is 28.3 Å². The molecule has 3 aromatic carbocycles. The van der Waals surface area contributed by atoms with Crippen LogP contribution in [0, 0.1) is 5.82 Å². The van der Waals surface area contributed by atoms with E-state index in [2.05, 4.69) is 10.6 Å². The van der Waals surface area contributed by atoms with Crippen LogP contribution in [0.25, 0.3) is 10.8 Å². The van der Waals surface area contributed by atoms with Crippen molar-refractivity contribution >= 4 is 34.4 Å². The molecule has 0 aromatic heterocycles. The van der Waals surface area contributed by atoms with E-state index in [-0.39, 0.29) is 38.5 Å². The molecule has 0 heterocycles. The molecule has 0 radical (unpaired) electrons. The molecule has 0 unspecified atom stereocenters. The highest BCUT2D eigenvalue weighted by Gasteiger charge is 2.34. The molecule has 0 bridgehead atoms. The van der Waals surface area contributed by atoms with E-state index in [1.165, 1.54) is 36.2 Å². The maximum absolute atomic E-state index is 14.2. The first-order chi connectivity index (χ1) is 22.5. The standard InChI is InChI=1S/C35H47FN6O5/c1-3-28(38)21-47-22-32(43)40-30(19-24-11-14-25-8-4-5-9-26(25)18-24)35(46)42(2)31(20-23-12-15-27(36)16-13-23)34(45)41-29(33(39)44)10-6-7-17-37/h4-5,8-9,11-16,18,28-31H,3,6-7,10,17,19-22,37-38H2,1-2H3,(H2,39,44)(H,40,43)(H,41,45)/t28-,29-,30+,31+/m0/s1. The lowest BCUT2D eigenvalue weighted by Crippen LogP contribution is -2.58. The molecule has 0 saturated heterocycles. The fourth-order valence-corrected chi connectivity index (χ4v) is 5.15. The van der Waals surface area contributed by atoms with Crippen LogP contribution >= 0.6 is 0 Å². The Morgan fingerprint density at radius 2 is 1.57 bits per heavy atom. The summed E-state index contributed by atoms with van der Waals surface area (Å²) in [4.78, 5) is 54.4. The molecular formula is C35H47FN6O5. The van der Waals surface area contributed by atoms with Crippen LogP contribution in [0.4, 0.5) is 4.39 Å². The van der Waals surface area contributed by atoms with Gasteiger partial charge in [-0.2, -0.15) is 0 Å². The summed E-state index contributed by atoms with van der Waals surface area (Å²) in [6.45, 7) is 2.21. The monoisotopic (exact) mass is 650 g/mol. The SMILES string of the molecule is CC[C@H](N)COCC(=O)N[C@H](Cc1ccc2ccccc2c1)C(=O)N(C)[C@H](Cc1ccc(F)cc1)C(=O)N[C@@H](CCCCN)C(N)=O. The normalized spacial score (nSPS) is 13.7. The lowest BCUT2D eigenvalue weighted by Gasteiger charge is -2.32. The average Bonchev–Trinajstić information content (AvgIpc) is 3.06. The predicted octanol–water partition coefficient (Wildman–Crippen LogP) is 1.93. The largest absolute Gasteiger partial charge is 0.370 e. The number of carbonyl (C=O) groups excluding carboxylic acids is 4. The van der Waals surface area contributed by atoms with E-state index in [0.29, 0.717) is 31.4 Å². The number of ether oxygens (including phenoxy) is 1. The van der Waals surface area contributed by atoms with Gasteiger partial charge in [0, 0.05) is 25.9 Å². The minimum Gasteiger partial charge on any atom is -0.370 e. The molecule has 8 N–H and O–H groups in total. The zero-order chi connectivity index (χ0) is 34.3. The van der Waals surface area contributed by atoms with E-state index in [4.69, 9.17) is 21.9 Å². The van der Waals surface area contributed by atoms with Crippen molar-refractivity contribution in [3.05, 3.63) is 83.7 Å². The topological polar surface area (TPSA) is 183 Å². The highest BCUT2D eigenvalue weighted by atomic mass is 19.1. The second-order valence-electron chi connectivity index (χ2n) is 11.7. The van der Waals surface area contributed by atoms with E-state index < -0.39 is 47.6 Å². The predicted molar refractivity (Wildman–Crippen MR) is 179 cm³/mol. The summed E-state index contributed by atoms with van der Waals surface area (Å²) in [5, 5.41) is 7.46. The van der Waals surface area contributed by atoms with Gasteiger partial charge in [-0.1, -0.05) is 61.5 Å². The molecule has 0 aliphatic carbocycles. The molecule has 4 atom stereocenters. The zero-order valence-corrected chi connectivity index (χ0v) is 27.1. The Morgan fingerprint density at radius 1 is 0.894 bits per heavy atom. The number of rotatable bonds is 19. The summed E-state index contributed by atoms with van der Waals surface area (Å²) in [5.74, 6) is -2.84. The highest BCUT2D eigenvalue weighted by molar-refractivity contribution is 5.94. The van der Waals surface area contributed by atoms with Gasteiger partial charge in [-0.15, -0.1) is 0 Å². The Balaban J connectivity index is 1.90. The number of hydrogen-bond acceptors (Lipinski definition) is 7. The number of primary amides is 1. The molecular weight excluding hydrogens is 603 g/mol. The first kappa shape index (κ1) is 37.1. The molecule has 12 heteroatoms. The molecule has 0 fully saturated rings. The van der Waals surface area contributed by atoms with Gasteiger partial charge >= 0.3 is 0 Å². The van der Waals surface area contributed by atoms with Gasteiger partial charge in [0.2, 0.25) is 23.6 Å². The molecule has 0 saturated carbocycles. The van der Waals surface area contributed by atoms with Gasteiger partial charge in [0.15, 0.2) is 0 Å². The van der Waals surface area contributed by atoms with E-state index in [9.17, 15) is 23.6 Å². The van der Waals surface area contributed by atoms with Crippen LogP contribution in [0.3, 0.4) is 0 Å². The summed E-state index contributed by atoms with van der Waals surface area (Å²) in [6.07, 6.45) is 2.30. The van der Waals surface area contributed by atoms with Crippen molar-refractivity contribution in [3.8, 4) is 0 Å². The number of fused-ring (bicyclic) bond motifs is 1. The number of amides is 4. The molecule has 0 aliphatic rings. The number of unbranched alkanes of at least 4 members (excludes halogenated alkanes) is 1. The Kier molecular flexibility index (Phi) is 14.7. The van der Waals surface area contributed by atoms with Crippen molar-refractivity contribution in [1.29, 1.82) is 0 Å². The maximum atomic E-state index is 14.2. The van der Waals surface area contributed by atoms with Gasteiger partial charge in [0.05, 0.1) is 6.61 Å². The third-order valence-electron chi connectivity index (χ3n) is 8.04. The van der Waals surface area contributed by atoms with Gasteiger partial charge < -0.3 is 37.5 Å². The molecule has 11 nitrogen and oxygen atoms in total. The van der Waals surface area contributed by atoms with Crippen LogP contribution in [0.5, 0.6) is 0 Å². The summed E-state index contributed by atoms with van der Waals surface area (Å²) >= 11 is 0. The van der Waals surface area contributed by atoms with Gasteiger partial charge in [-0.05, 0) is 66.3 Å². The second-order valence-corrected chi connectivity index (χ2v) is 11.7. The van der Waals surface area contributed by atoms with Crippen LogP contribution < -0.4 is 27.8 Å². The van der Waals surface area contributed by atoms with Crippen LogP contribution in [-0.2, 0) is 36.8 Å². The first-order valence-electron chi connectivity index (χ1n) is 15.9. The minimum absolute atomic E-state index is 0.0112. The Labute approximate surface area is 275 Å². The van der Waals surface area contributed by atoms with Crippen molar-refractivity contribution in [2.45, 2.75) is 69.6 Å². The number of carbonyl (C=O) groups is 4. The molecule has 4 amide bonds. The highest BCUT2D eigenvalue weighted by Crippen LogP contribution is 2.18. The number of likely N-dealkylation sites (N-methyl/N-ethyl adjacent to an activating group) is 1. The summed E-state index contributed by atoms with van der Waals surface area (Å²) < 4.78 is 19.2. The van der Waals surface area contributed by atoms with Gasteiger partial charge in [0.1, 0.15) is 30.5 Å². The van der Waals surface area contributed by atoms with Crippen molar-refractivity contribution in [1.82, 2.24) is 15.5 Å². The fraction of sp³-hybridized carbons (Fsp3) is 0.429. The molecule has 0 aliphatic heterocycles. The maximum Gasteiger partial charge on any atom is 0.246 e. The Morgan fingerprint density at radius 3 is 2.23 bits per heavy atom. The lowest BCUT2D eigenvalue weighted by atomic mass is 9.98. The minimum atomic E-state index is -1.13. The molecule has 3 rings (SSSR count). The Bertz CT molecular complexity index is 1490. The number of benzene rings is 3. The summed E-state index contributed by atoms with van der Waals surface area (Å²) in [6, 6.07) is 15.7. The van der Waals surface area contributed by atoms with E-state index in [0.717, 1.165) is 16.3 Å². The summed E-state index contributed by atoms with van der Waals surface area (Å²) in [5.41, 5.74) is 18.5. The number of nitrogens with one attached hydrogen (secondary N) is 2. The lowest BCUT2D eigenvalue weighted by molar-refractivity contribution is -0.143. The molecule has 47 heavy (non-hydrogen) atoms. The van der Waals surface area contributed by atoms with E-state index >= 15 is 0 Å². The third-order valence-corrected chi connectivity index (χ3v) is 8.04. The van der Waals surface area contributed by atoms with Crippen LogP contribution in [0.15, 0.2) is 66.7 Å². The second kappa shape index (κ2) is 18.7.